The van der Waals surface area contributed by atoms with Gasteiger partial charge in [-0.2, -0.15) is 25.3 Å². The minimum atomic E-state index is 0.833. The Morgan fingerprint density at radius 3 is 2.56 bits per heavy atom. The van der Waals surface area contributed by atoms with Crippen LogP contribution in [0.1, 0.15) is 10.4 Å². The van der Waals surface area contributed by atoms with Crippen molar-refractivity contribution in [2.24, 2.45) is 0 Å². The van der Waals surface area contributed by atoms with Gasteiger partial charge in [-0.1, -0.05) is 0 Å². The van der Waals surface area contributed by atoms with Crippen LogP contribution in [0.15, 0.2) is 11.4 Å². The second-order valence-corrected chi connectivity index (χ2v) is 3.32. The first-order valence-corrected chi connectivity index (χ1v) is 4.80. The quantitative estimate of drug-likeness (QED) is 0.636. The van der Waals surface area contributed by atoms with Crippen molar-refractivity contribution in [3.63, 3.8) is 0 Å². The maximum Gasteiger partial charge on any atom is 0.0251 e. The highest BCUT2D eigenvalue weighted by Gasteiger charge is 1.97. The van der Waals surface area contributed by atoms with Crippen LogP contribution >= 0.6 is 36.6 Å². The summed E-state index contributed by atoms with van der Waals surface area (Å²) < 4.78 is 0. The summed E-state index contributed by atoms with van der Waals surface area (Å²) in [4.78, 5) is 1.34. The molecule has 0 aliphatic carbocycles. The number of hydrogen-bond donors (Lipinski definition) is 2. The Balaban J connectivity index is 2.85. The van der Waals surface area contributed by atoms with Crippen LogP contribution in [0.3, 0.4) is 0 Å². The van der Waals surface area contributed by atoms with Gasteiger partial charge in [-0.05, 0) is 17.0 Å². The van der Waals surface area contributed by atoms with E-state index in [4.69, 9.17) is 0 Å². The molecule has 1 heterocycles. The third-order valence-corrected chi connectivity index (χ3v) is 2.99. The standard InChI is InChI=1S/C6H8S3/c7-3-5-1-2-9-6(5)4-8/h1-2,7-8H,3-4H2. The summed E-state index contributed by atoms with van der Waals surface area (Å²) in [5.74, 6) is 1.67. The summed E-state index contributed by atoms with van der Waals surface area (Å²) >= 11 is 10.1. The first-order valence-electron chi connectivity index (χ1n) is 2.65. The molecule has 0 saturated carbocycles. The first-order chi connectivity index (χ1) is 4.38. The van der Waals surface area contributed by atoms with Crippen molar-refractivity contribution in [2.45, 2.75) is 11.5 Å². The minimum absolute atomic E-state index is 0.833. The van der Waals surface area contributed by atoms with Gasteiger partial charge in [0.1, 0.15) is 0 Å². The lowest BCUT2D eigenvalue weighted by atomic mass is 10.3. The van der Waals surface area contributed by atoms with E-state index in [0.717, 1.165) is 11.5 Å². The highest BCUT2D eigenvalue weighted by Crippen LogP contribution is 2.19. The fraction of sp³-hybridized carbons (Fsp3) is 0.333. The van der Waals surface area contributed by atoms with Crippen LogP contribution in [0, 0.1) is 0 Å². The lowest BCUT2D eigenvalue weighted by molar-refractivity contribution is 1.38. The molecule has 0 radical (unpaired) electrons. The summed E-state index contributed by atoms with van der Waals surface area (Å²) in [5, 5.41) is 2.08. The van der Waals surface area contributed by atoms with Crippen molar-refractivity contribution in [3.8, 4) is 0 Å². The second-order valence-electron chi connectivity index (χ2n) is 1.69. The van der Waals surface area contributed by atoms with E-state index in [1.807, 2.05) is 0 Å². The Labute approximate surface area is 70.1 Å². The van der Waals surface area contributed by atoms with Crippen molar-refractivity contribution in [1.29, 1.82) is 0 Å². The van der Waals surface area contributed by atoms with Crippen LogP contribution in [0.25, 0.3) is 0 Å². The molecule has 0 atom stereocenters. The predicted molar refractivity (Wildman–Crippen MR) is 49.7 cm³/mol. The Morgan fingerprint density at radius 2 is 2.11 bits per heavy atom. The maximum absolute atomic E-state index is 4.18. The Morgan fingerprint density at radius 1 is 1.33 bits per heavy atom. The summed E-state index contributed by atoms with van der Waals surface area (Å²) in [6.45, 7) is 0. The second kappa shape index (κ2) is 3.54. The van der Waals surface area contributed by atoms with Gasteiger partial charge in [0, 0.05) is 16.4 Å². The van der Waals surface area contributed by atoms with Crippen molar-refractivity contribution in [3.05, 3.63) is 21.9 Å². The van der Waals surface area contributed by atoms with Crippen molar-refractivity contribution >= 4 is 36.6 Å². The summed E-state index contributed by atoms with van der Waals surface area (Å²) in [5.41, 5.74) is 1.32. The number of hydrogen-bond acceptors (Lipinski definition) is 3. The normalized spacial score (nSPS) is 10.0. The van der Waals surface area contributed by atoms with Crippen LogP contribution in [0.2, 0.25) is 0 Å². The van der Waals surface area contributed by atoms with Gasteiger partial charge in [0.05, 0.1) is 0 Å². The molecule has 0 aromatic carbocycles. The molecule has 1 rings (SSSR count). The lowest BCUT2D eigenvalue weighted by Crippen LogP contribution is -1.76. The number of rotatable bonds is 2. The van der Waals surface area contributed by atoms with E-state index in [1.54, 1.807) is 11.3 Å². The van der Waals surface area contributed by atoms with Gasteiger partial charge in [-0.3, -0.25) is 0 Å². The highest BCUT2D eigenvalue weighted by atomic mass is 32.1. The average molecular weight is 176 g/mol. The van der Waals surface area contributed by atoms with Crippen molar-refractivity contribution in [2.75, 3.05) is 0 Å². The van der Waals surface area contributed by atoms with Gasteiger partial charge in [-0.15, -0.1) is 11.3 Å². The Kier molecular flexibility index (Phi) is 2.95. The van der Waals surface area contributed by atoms with Crippen LogP contribution in [-0.4, -0.2) is 0 Å². The fourth-order valence-corrected chi connectivity index (χ4v) is 2.24. The third kappa shape index (κ3) is 1.66. The molecular formula is C6H8S3. The van der Waals surface area contributed by atoms with Gasteiger partial charge < -0.3 is 0 Å². The zero-order valence-corrected chi connectivity index (χ0v) is 7.48. The molecule has 3 heteroatoms. The van der Waals surface area contributed by atoms with E-state index in [0.29, 0.717) is 0 Å². The molecule has 0 aliphatic rings. The summed E-state index contributed by atoms with van der Waals surface area (Å²) in [6, 6.07) is 2.10. The molecule has 0 unspecified atom stereocenters. The molecule has 0 nitrogen and oxygen atoms in total. The van der Waals surface area contributed by atoms with Crippen LogP contribution in [-0.2, 0) is 11.5 Å². The Bertz CT molecular complexity index is 162. The molecule has 0 bridgehead atoms. The van der Waals surface area contributed by atoms with E-state index in [-0.39, 0.29) is 0 Å². The molecule has 9 heavy (non-hydrogen) atoms. The smallest absolute Gasteiger partial charge is 0.0251 e. The number of thiol groups is 2. The SMILES string of the molecule is SCc1ccsc1CS. The molecule has 0 fully saturated rings. The lowest BCUT2D eigenvalue weighted by Gasteiger charge is -1.92. The largest absolute Gasteiger partial charge is 0.175 e. The van der Waals surface area contributed by atoms with E-state index in [9.17, 15) is 0 Å². The molecule has 0 saturated heterocycles. The molecule has 0 amide bonds. The Hall–Kier alpha value is 0.400. The minimum Gasteiger partial charge on any atom is -0.175 e. The number of thiophene rings is 1. The molecule has 0 N–H and O–H groups in total. The molecular weight excluding hydrogens is 168 g/mol. The highest BCUT2D eigenvalue weighted by molar-refractivity contribution is 7.79. The maximum atomic E-state index is 4.18. The van der Waals surface area contributed by atoms with Gasteiger partial charge in [0.25, 0.3) is 0 Å². The fourth-order valence-electron chi connectivity index (χ4n) is 0.647. The van der Waals surface area contributed by atoms with Gasteiger partial charge in [-0.25, -0.2) is 0 Å². The van der Waals surface area contributed by atoms with Crippen LogP contribution in [0.4, 0.5) is 0 Å². The zero-order valence-electron chi connectivity index (χ0n) is 4.87. The average Bonchev–Trinajstić information content (AvgIpc) is 2.33. The van der Waals surface area contributed by atoms with Crippen molar-refractivity contribution < 1.29 is 0 Å². The predicted octanol–water partition coefficient (Wildman–Crippen LogP) is 2.61. The van der Waals surface area contributed by atoms with Gasteiger partial charge >= 0.3 is 0 Å². The van der Waals surface area contributed by atoms with Crippen LogP contribution < -0.4 is 0 Å². The third-order valence-electron chi connectivity index (χ3n) is 1.15. The van der Waals surface area contributed by atoms with E-state index >= 15 is 0 Å². The van der Waals surface area contributed by atoms with Crippen molar-refractivity contribution in [1.82, 2.24) is 0 Å². The summed E-state index contributed by atoms with van der Waals surface area (Å²) in [7, 11) is 0. The molecule has 50 valence electrons. The van der Waals surface area contributed by atoms with E-state index in [2.05, 4.69) is 36.7 Å². The van der Waals surface area contributed by atoms with Gasteiger partial charge in [0.15, 0.2) is 0 Å². The van der Waals surface area contributed by atoms with E-state index in [1.165, 1.54) is 10.4 Å². The molecule has 1 aromatic rings. The molecule has 0 spiro atoms. The topological polar surface area (TPSA) is 0 Å². The summed E-state index contributed by atoms with van der Waals surface area (Å²) in [6.07, 6.45) is 0. The van der Waals surface area contributed by atoms with Crippen LogP contribution in [0.5, 0.6) is 0 Å². The first kappa shape index (κ1) is 7.51. The van der Waals surface area contributed by atoms with E-state index < -0.39 is 0 Å². The van der Waals surface area contributed by atoms with Gasteiger partial charge in [0.2, 0.25) is 0 Å². The molecule has 1 aromatic heterocycles. The zero-order chi connectivity index (χ0) is 6.69. The molecule has 0 aliphatic heterocycles. The monoisotopic (exact) mass is 176 g/mol.